The van der Waals surface area contributed by atoms with Crippen molar-refractivity contribution in [2.45, 2.75) is 17.6 Å². The summed E-state index contributed by atoms with van der Waals surface area (Å²) in [5.41, 5.74) is -1.33. The van der Waals surface area contributed by atoms with Crippen molar-refractivity contribution >= 4 is 15.8 Å². The monoisotopic (exact) mass is 435 g/mol. The molecule has 0 amide bonds. The number of nitrogens with zero attached hydrogens (tertiary/aromatic N) is 1. The lowest BCUT2D eigenvalue weighted by atomic mass is 10.1. The maximum atomic E-state index is 13.7. The van der Waals surface area contributed by atoms with Crippen LogP contribution in [0.4, 0.5) is 22.0 Å². The summed E-state index contributed by atoms with van der Waals surface area (Å²) in [6.45, 7) is -0.485. The predicted molar refractivity (Wildman–Crippen MR) is 98.1 cm³/mol. The van der Waals surface area contributed by atoms with Gasteiger partial charge in [0.25, 0.3) is 0 Å². The fourth-order valence-corrected chi connectivity index (χ4v) is 3.72. The molecule has 0 fully saturated rings. The molecule has 2 aromatic carbocycles. The topological polar surface area (TPSA) is 70.6 Å². The Morgan fingerprint density at radius 2 is 1.76 bits per heavy atom. The van der Waals surface area contributed by atoms with E-state index in [1.807, 2.05) is 0 Å². The van der Waals surface area contributed by atoms with Crippen molar-refractivity contribution in [1.29, 1.82) is 0 Å². The van der Waals surface area contributed by atoms with Crippen LogP contribution in [0.1, 0.15) is 11.1 Å². The van der Waals surface area contributed by atoms with Gasteiger partial charge >= 0.3 is 6.18 Å². The Morgan fingerprint density at radius 3 is 2.38 bits per heavy atom. The molecular formula is C18H18F5N3O2S. The molecule has 0 radical (unpaired) electrons. The third kappa shape index (κ3) is 6.14. The minimum atomic E-state index is -4.73. The molecule has 158 valence electrons. The average Bonchev–Trinajstić information content (AvgIpc) is 2.64. The van der Waals surface area contributed by atoms with E-state index in [9.17, 15) is 30.4 Å². The summed E-state index contributed by atoms with van der Waals surface area (Å²) in [6, 6.07) is 7.24. The Kier molecular flexibility index (Phi) is 7.17. The molecule has 0 spiro atoms. The average molecular weight is 435 g/mol. The van der Waals surface area contributed by atoms with Crippen LogP contribution >= 0.6 is 0 Å². The molecule has 0 aromatic heterocycles. The number of hydrogen-bond donors (Lipinski definition) is 2. The molecule has 2 N–H and O–H groups in total. The lowest BCUT2D eigenvalue weighted by Crippen LogP contribution is -2.39. The van der Waals surface area contributed by atoms with Crippen molar-refractivity contribution in [3.63, 3.8) is 0 Å². The Morgan fingerprint density at radius 1 is 1.07 bits per heavy atom. The van der Waals surface area contributed by atoms with Gasteiger partial charge in [0.05, 0.1) is 11.3 Å². The van der Waals surface area contributed by atoms with Gasteiger partial charge in [0.1, 0.15) is 16.5 Å². The van der Waals surface area contributed by atoms with Crippen molar-refractivity contribution in [2.24, 2.45) is 4.99 Å². The third-order valence-corrected chi connectivity index (χ3v) is 5.62. The molecule has 0 saturated heterocycles. The third-order valence-electron chi connectivity index (χ3n) is 3.88. The van der Waals surface area contributed by atoms with Gasteiger partial charge in [-0.2, -0.15) is 13.2 Å². The predicted octanol–water partition coefficient (Wildman–Crippen LogP) is 3.12. The first-order chi connectivity index (χ1) is 13.5. The van der Waals surface area contributed by atoms with Crippen LogP contribution in [0.2, 0.25) is 0 Å². The fourth-order valence-electron chi connectivity index (χ4n) is 2.48. The number of aliphatic imine (C=N–C) groups is 1. The zero-order valence-electron chi connectivity index (χ0n) is 15.2. The maximum absolute atomic E-state index is 13.7. The molecule has 0 aliphatic carbocycles. The zero-order chi connectivity index (χ0) is 21.7. The van der Waals surface area contributed by atoms with E-state index in [0.29, 0.717) is 6.07 Å². The van der Waals surface area contributed by atoms with E-state index < -0.39 is 43.9 Å². The maximum Gasteiger partial charge on any atom is 0.416 e. The fraction of sp³-hybridized carbons (Fsp3) is 0.278. The van der Waals surface area contributed by atoms with Gasteiger partial charge in [0.15, 0.2) is 15.8 Å². The number of guanidine groups is 1. The minimum Gasteiger partial charge on any atom is -0.355 e. The van der Waals surface area contributed by atoms with E-state index in [-0.39, 0.29) is 24.6 Å². The van der Waals surface area contributed by atoms with Crippen molar-refractivity contribution in [2.75, 3.05) is 19.3 Å². The first-order valence-electron chi connectivity index (χ1n) is 8.32. The Labute approximate surface area is 164 Å². The van der Waals surface area contributed by atoms with Gasteiger partial charge in [-0.15, -0.1) is 0 Å². The summed E-state index contributed by atoms with van der Waals surface area (Å²) >= 11 is 0. The highest BCUT2D eigenvalue weighted by Gasteiger charge is 2.33. The van der Waals surface area contributed by atoms with E-state index in [1.165, 1.54) is 19.2 Å². The number of sulfone groups is 1. The van der Waals surface area contributed by atoms with Crippen LogP contribution in [0.25, 0.3) is 0 Å². The van der Waals surface area contributed by atoms with Crippen molar-refractivity contribution in [3.05, 3.63) is 65.2 Å². The summed E-state index contributed by atoms with van der Waals surface area (Å²) in [4.78, 5) is 3.35. The summed E-state index contributed by atoms with van der Waals surface area (Å²) in [5.74, 6) is -2.31. The molecule has 0 aliphatic heterocycles. The van der Waals surface area contributed by atoms with Crippen LogP contribution in [-0.4, -0.2) is 33.7 Å². The van der Waals surface area contributed by atoms with Crippen LogP contribution < -0.4 is 10.6 Å². The smallest absolute Gasteiger partial charge is 0.355 e. The molecule has 0 heterocycles. The number of nitrogens with one attached hydrogen (secondary N) is 2. The molecule has 0 unspecified atom stereocenters. The Balaban J connectivity index is 1.98. The van der Waals surface area contributed by atoms with Gasteiger partial charge < -0.3 is 10.6 Å². The van der Waals surface area contributed by atoms with Crippen LogP contribution in [-0.2, 0) is 22.6 Å². The van der Waals surface area contributed by atoms with Gasteiger partial charge in [-0.3, -0.25) is 4.99 Å². The first-order valence-corrected chi connectivity index (χ1v) is 9.97. The second kappa shape index (κ2) is 9.21. The van der Waals surface area contributed by atoms with Gasteiger partial charge in [-0.25, -0.2) is 17.2 Å². The molecule has 0 atom stereocenters. The lowest BCUT2D eigenvalue weighted by molar-refractivity contribution is -0.138. The van der Waals surface area contributed by atoms with Gasteiger partial charge in [-0.1, -0.05) is 18.2 Å². The van der Waals surface area contributed by atoms with Crippen LogP contribution in [0.15, 0.2) is 52.4 Å². The normalized spacial score (nSPS) is 12.7. The second-order valence-corrected chi connectivity index (χ2v) is 7.98. The molecule has 29 heavy (non-hydrogen) atoms. The molecule has 0 saturated carbocycles. The van der Waals surface area contributed by atoms with Gasteiger partial charge in [0.2, 0.25) is 0 Å². The van der Waals surface area contributed by atoms with Crippen LogP contribution in [0.3, 0.4) is 0 Å². The number of hydrogen-bond acceptors (Lipinski definition) is 3. The zero-order valence-corrected chi connectivity index (χ0v) is 16.0. The van der Waals surface area contributed by atoms with Gasteiger partial charge in [-0.05, 0) is 29.8 Å². The number of rotatable bonds is 6. The van der Waals surface area contributed by atoms with E-state index in [0.717, 1.165) is 24.3 Å². The molecule has 2 aromatic rings. The largest absolute Gasteiger partial charge is 0.416 e. The van der Waals surface area contributed by atoms with Crippen LogP contribution in [0, 0.1) is 11.6 Å². The number of halogens is 5. The Hall–Kier alpha value is -2.69. The highest BCUT2D eigenvalue weighted by atomic mass is 32.2. The number of alkyl halides is 3. The molecule has 5 nitrogen and oxygen atoms in total. The molecule has 0 aliphatic rings. The second-order valence-electron chi connectivity index (χ2n) is 5.90. The van der Waals surface area contributed by atoms with Crippen molar-refractivity contribution in [1.82, 2.24) is 10.6 Å². The highest BCUT2D eigenvalue weighted by Crippen LogP contribution is 2.32. The molecule has 0 bridgehead atoms. The van der Waals surface area contributed by atoms with E-state index in [2.05, 4.69) is 15.6 Å². The summed E-state index contributed by atoms with van der Waals surface area (Å²) < 4.78 is 90.3. The summed E-state index contributed by atoms with van der Waals surface area (Å²) in [5, 5.41) is 5.24. The van der Waals surface area contributed by atoms with Crippen molar-refractivity contribution < 1.29 is 30.4 Å². The molecular weight excluding hydrogens is 417 g/mol. The quantitative estimate of drug-likeness (QED) is 0.416. The highest BCUT2D eigenvalue weighted by molar-refractivity contribution is 7.91. The minimum absolute atomic E-state index is 0.0335. The van der Waals surface area contributed by atoms with E-state index in [1.54, 1.807) is 0 Å². The van der Waals surface area contributed by atoms with Crippen LogP contribution in [0.5, 0.6) is 0 Å². The van der Waals surface area contributed by atoms with E-state index >= 15 is 0 Å². The Bertz CT molecular complexity index is 991. The van der Waals surface area contributed by atoms with Gasteiger partial charge in [0, 0.05) is 20.1 Å². The molecule has 11 heteroatoms. The van der Waals surface area contributed by atoms with E-state index in [4.69, 9.17) is 0 Å². The SMILES string of the molecule is CN=C(NCCS(=O)(=O)c1ccccc1F)NCc1ccc(F)cc1C(F)(F)F. The summed E-state index contributed by atoms with van der Waals surface area (Å²) in [7, 11) is -2.56. The first kappa shape index (κ1) is 22.6. The molecule has 2 rings (SSSR count). The number of benzene rings is 2. The standard InChI is InChI=1S/C18H18F5N3O2S/c1-24-17(25-8-9-29(27,28)16-5-3-2-4-15(16)20)26-11-12-6-7-13(19)10-14(12)18(21,22)23/h2-7,10H,8-9,11H2,1H3,(H2,24,25,26). The lowest BCUT2D eigenvalue weighted by Gasteiger charge is -2.16. The van der Waals surface area contributed by atoms with Crippen molar-refractivity contribution in [3.8, 4) is 0 Å². The summed E-state index contributed by atoms with van der Waals surface area (Å²) in [6.07, 6.45) is -4.73.